The minimum Gasteiger partial charge on any atom is -0.370 e. The highest BCUT2D eigenvalue weighted by atomic mass is 16.5. The fraction of sp³-hybridized carbons (Fsp3) is 0.588. The van der Waals surface area contributed by atoms with E-state index in [0.717, 1.165) is 19.4 Å². The molecule has 0 spiro atoms. The van der Waals surface area contributed by atoms with Gasteiger partial charge in [-0.25, -0.2) is 4.79 Å². The molecule has 1 aromatic carbocycles. The van der Waals surface area contributed by atoms with Gasteiger partial charge in [0.25, 0.3) is 0 Å². The molecular weight excluding hydrogens is 264 g/mol. The summed E-state index contributed by atoms with van der Waals surface area (Å²) in [4.78, 5) is 14.2. The van der Waals surface area contributed by atoms with Gasteiger partial charge in [0.1, 0.15) is 6.10 Å². The Morgan fingerprint density at radius 1 is 1.43 bits per heavy atom. The van der Waals surface area contributed by atoms with Crippen molar-refractivity contribution in [2.45, 2.75) is 45.8 Å². The molecule has 1 aliphatic heterocycles. The quantitative estimate of drug-likeness (QED) is 0.865. The summed E-state index contributed by atoms with van der Waals surface area (Å²) >= 11 is 0. The monoisotopic (exact) mass is 290 g/mol. The van der Waals surface area contributed by atoms with Gasteiger partial charge in [0.2, 0.25) is 0 Å². The number of hydrogen-bond donors (Lipinski definition) is 1. The van der Waals surface area contributed by atoms with Crippen LogP contribution < -0.4 is 5.32 Å². The number of urea groups is 1. The fourth-order valence-corrected chi connectivity index (χ4v) is 2.65. The van der Waals surface area contributed by atoms with E-state index in [4.69, 9.17) is 4.74 Å². The molecule has 0 bridgehead atoms. The number of carbonyl (C=O) groups is 1. The molecular formula is C17H26N2O2. The Bertz CT molecular complexity index is 476. The maximum atomic E-state index is 12.3. The molecule has 4 nitrogen and oxygen atoms in total. The van der Waals surface area contributed by atoms with E-state index in [1.165, 1.54) is 11.1 Å². The van der Waals surface area contributed by atoms with Crippen LogP contribution in [0.5, 0.6) is 0 Å². The predicted octanol–water partition coefficient (Wildman–Crippen LogP) is 3.27. The Balaban J connectivity index is 2.02. The lowest BCUT2D eigenvalue weighted by Crippen LogP contribution is -2.52. The average molecular weight is 290 g/mol. The summed E-state index contributed by atoms with van der Waals surface area (Å²) < 4.78 is 5.94. The van der Waals surface area contributed by atoms with Crippen molar-refractivity contribution in [2.24, 2.45) is 0 Å². The highest BCUT2D eigenvalue weighted by molar-refractivity contribution is 5.74. The summed E-state index contributed by atoms with van der Waals surface area (Å²) in [5.74, 6) is 0. The van der Waals surface area contributed by atoms with Gasteiger partial charge >= 0.3 is 6.03 Å². The third-order valence-electron chi connectivity index (χ3n) is 4.04. The van der Waals surface area contributed by atoms with Crippen LogP contribution in [-0.2, 0) is 4.74 Å². The van der Waals surface area contributed by atoms with Crippen LogP contribution in [0, 0.1) is 6.92 Å². The van der Waals surface area contributed by atoms with Crippen molar-refractivity contribution in [3.63, 3.8) is 0 Å². The number of aryl methyl sites for hydroxylation is 1. The van der Waals surface area contributed by atoms with Gasteiger partial charge in [-0.3, -0.25) is 0 Å². The first-order valence-electron chi connectivity index (χ1n) is 7.85. The summed E-state index contributed by atoms with van der Waals surface area (Å²) in [7, 11) is 0. The number of unbranched alkanes of at least 4 members (excludes halogenated alkanes) is 1. The lowest BCUT2D eigenvalue weighted by Gasteiger charge is -2.38. The maximum absolute atomic E-state index is 12.3. The van der Waals surface area contributed by atoms with E-state index in [9.17, 15) is 4.79 Å². The molecule has 1 fully saturated rings. The van der Waals surface area contributed by atoms with Crippen molar-refractivity contribution in [3.05, 3.63) is 35.4 Å². The molecule has 21 heavy (non-hydrogen) atoms. The molecule has 0 unspecified atom stereocenters. The zero-order valence-corrected chi connectivity index (χ0v) is 13.3. The Kier molecular flexibility index (Phi) is 5.62. The van der Waals surface area contributed by atoms with Crippen molar-refractivity contribution >= 4 is 6.03 Å². The lowest BCUT2D eigenvalue weighted by molar-refractivity contribution is -0.0430. The normalized spacial score (nSPS) is 22.1. The van der Waals surface area contributed by atoms with E-state index in [2.05, 4.69) is 31.3 Å². The molecule has 0 radical (unpaired) electrons. The van der Waals surface area contributed by atoms with Gasteiger partial charge in [0, 0.05) is 6.54 Å². The van der Waals surface area contributed by atoms with Gasteiger partial charge in [-0.05, 0) is 31.4 Å². The SMILES string of the molecule is CCCCNC(=O)N1C[C@@H](c2ccccc2C)OC[C@@H]1C. The zero-order valence-electron chi connectivity index (χ0n) is 13.3. The number of nitrogens with one attached hydrogen (secondary N) is 1. The van der Waals surface area contributed by atoms with Gasteiger partial charge in [-0.1, -0.05) is 37.6 Å². The minimum atomic E-state index is -0.0284. The third kappa shape index (κ3) is 3.97. The van der Waals surface area contributed by atoms with Crippen molar-refractivity contribution in [3.8, 4) is 0 Å². The van der Waals surface area contributed by atoms with E-state index >= 15 is 0 Å². The second-order valence-corrected chi connectivity index (χ2v) is 5.77. The van der Waals surface area contributed by atoms with Crippen LogP contribution in [0.4, 0.5) is 4.79 Å². The molecule has 1 aromatic rings. The Morgan fingerprint density at radius 3 is 2.90 bits per heavy atom. The predicted molar refractivity (Wildman–Crippen MR) is 84.3 cm³/mol. The van der Waals surface area contributed by atoms with Crippen LogP contribution in [0.1, 0.15) is 43.9 Å². The molecule has 1 aliphatic rings. The average Bonchev–Trinajstić information content (AvgIpc) is 2.48. The minimum absolute atomic E-state index is 0.0258. The summed E-state index contributed by atoms with van der Waals surface area (Å²) in [5, 5.41) is 3.00. The maximum Gasteiger partial charge on any atom is 0.317 e. The van der Waals surface area contributed by atoms with Gasteiger partial charge in [0.15, 0.2) is 0 Å². The molecule has 1 N–H and O–H groups in total. The highest BCUT2D eigenvalue weighted by Crippen LogP contribution is 2.27. The van der Waals surface area contributed by atoms with Crippen molar-refractivity contribution < 1.29 is 9.53 Å². The number of amides is 2. The van der Waals surface area contributed by atoms with Crippen molar-refractivity contribution in [2.75, 3.05) is 19.7 Å². The Hall–Kier alpha value is -1.55. The standard InChI is InChI=1S/C17H26N2O2/c1-4-5-10-18-17(20)19-11-16(21-12-14(19)3)15-9-7-6-8-13(15)2/h6-9,14,16H,4-5,10-12H2,1-3H3,(H,18,20)/t14-,16-/m0/s1. The Morgan fingerprint density at radius 2 is 2.19 bits per heavy atom. The molecule has 2 atom stereocenters. The molecule has 116 valence electrons. The van der Waals surface area contributed by atoms with Crippen LogP contribution in [0.3, 0.4) is 0 Å². The summed E-state index contributed by atoms with van der Waals surface area (Å²) in [6, 6.07) is 8.37. The molecule has 2 amide bonds. The lowest BCUT2D eigenvalue weighted by atomic mass is 10.0. The van der Waals surface area contributed by atoms with E-state index in [1.54, 1.807) is 0 Å². The first-order valence-corrected chi connectivity index (χ1v) is 7.85. The van der Waals surface area contributed by atoms with Crippen LogP contribution in [0.2, 0.25) is 0 Å². The third-order valence-corrected chi connectivity index (χ3v) is 4.04. The molecule has 4 heteroatoms. The largest absolute Gasteiger partial charge is 0.370 e. The number of benzene rings is 1. The van der Waals surface area contributed by atoms with Crippen LogP contribution in [0.15, 0.2) is 24.3 Å². The van der Waals surface area contributed by atoms with Crippen molar-refractivity contribution in [1.82, 2.24) is 10.2 Å². The zero-order chi connectivity index (χ0) is 15.2. The second-order valence-electron chi connectivity index (χ2n) is 5.77. The number of carbonyl (C=O) groups excluding carboxylic acids is 1. The molecule has 0 saturated carbocycles. The van der Waals surface area contributed by atoms with E-state index in [0.29, 0.717) is 13.2 Å². The molecule has 0 aliphatic carbocycles. The molecule has 2 rings (SSSR count). The van der Waals surface area contributed by atoms with Gasteiger partial charge in [0.05, 0.1) is 19.2 Å². The number of ether oxygens (including phenoxy) is 1. The first-order chi connectivity index (χ1) is 10.1. The molecule has 0 aromatic heterocycles. The molecule has 1 saturated heterocycles. The summed E-state index contributed by atoms with van der Waals surface area (Å²) in [6.45, 7) is 8.19. The first kappa shape index (κ1) is 15.8. The molecule has 1 heterocycles. The number of rotatable bonds is 4. The van der Waals surface area contributed by atoms with Gasteiger partial charge < -0.3 is 15.0 Å². The van der Waals surface area contributed by atoms with Crippen LogP contribution in [-0.4, -0.2) is 36.7 Å². The van der Waals surface area contributed by atoms with E-state index in [-0.39, 0.29) is 18.2 Å². The number of morpholine rings is 1. The number of hydrogen-bond acceptors (Lipinski definition) is 2. The van der Waals surface area contributed by atoms with E-state index < -0.39 is 0 Å². The van der Waals surface area contributed by atoms with Crippen molar-refractivity contribution in [1.29, 1.82) is 0 Å². The summed E-state index contributed by atoms with van der Waals surface area (Å²) in [5.41, 5.74) is 2.39. The van der Waals surface area contributed by atoms with Gasteiger partial charge in [-0.2, -0.15) is 0 Å². The Labute approximate surface area is 127 Å². The second kappa shape index (κ2) is 7.46. The van der Waals surface area contributed by atoms with Gasteiger partial charge in [-0.15, -0.1) is 0 Å². The summed E-state index contributed by atoms with van der Waals surface area (Å²) in [6.07, 6.45) is 2.08. The number of nitrogens with zero attached hydrogens (tertiary/aromatic N) is 1. The van der Waals surface area contributed by atoms with Crippen LogP contribution >= 0.6 is 0 Å². The highest BCUT2D eigenvalue weighted by Gasteiger charge is 2.30. The van der Waals surface area contributed by atoms with E-state index in [1.807, 2.05) is 24.0 Å². The van der Waals surface area contributed by atoms with Crippen LogP contribution in [0.25, 0.3) is 0 Å². The smallest absolute Gasteiger partial charge is 0.317 e. The fourth-order valence-electron chi connectivity index (χ4n) is 2.65. The topological polar surface area (TPSA) is 41.6 Å².